The Kier molecular flexibility index (Phi) is 2.17. The maximum Gasteiger partial charge on any atom is 0.169 e. The fourth-order valence-corrected chi connectivity index (χ4v) is 1.34. The Hall–Kier alpha value is -1.48. The summed E-state index contributed by atoms with van der Waals surface area (Å²) in [5.74, 6) is 2.58. The van der Waals surface area contributed by atoms with E-state index < -0.39 is 6.10 Å². The zero-order valence-corrected chi connectivity index (χ0v) is 8.15. The molecule has 0 amide bonds. The van der Waals surface area contributed by atoms with Crippen molar-refractivity contribution < 1.29 is 13.9 Å². The molecular weight excluding hydrogens is 180 g/mol. The third-order valence-electron chi connectivity index (χ3n) is 2.06. The van der Waals surface area contributed by atoms with E-state index in [1.165, 1.54) is 0 Å². The van der Waals surface area contributed by atoms with Gasteiger partial charge in [-0.05, 0) is 38.1 Å². The van der Waals surface area contributed by atoms with Gasteiger partial charge >= 0.3 is 0 Å². The van der Waals surface area contributed by atoms with Crippen LogP contribution in [0.3, 0.4) is 0 Å². The molecule has 0 aromatic carbocycles. The lowest BCUT2D eigenvalue weighted by Crippen LogP contribution is -1.95. The minimum atomic E-state index is -0.808. The molecule has 0 aliphatic rings. The van der Waals surface area contributed by atoms with Gasteiger partial charge in [-0.3, -0.25) is 0 Å². The molecule has 0 unspecified atom stereocenters. The van der Waals surface area contributed by atoms with Crippen molar-refractivity contribution in [3.63, 3.8) is 0 Å². The Balaban J connectivity index is 2.28. The number of aliphatic hydroxyl groups excluding tert-OH is 1. The second-order valence-corrected chi connectivity index (χ2v) is 3.30. The average Bonchev–Trinajstić information content (AvgIpc) is 2.73. The molecule has 2 heterocycles. The number of hydrogen-bond acceptors (Lipinski definition) is 3. The molecule has 2 aromatic heterocycles. The summed E-state index contributed by atoms with van der Waals surface area (Å²) in [6.45, 7) is 3.67. The first-order chi connectivity index (χ1) is 6.66. The zero-order chi connectivity index (χ0) is 10.1. The second-order valence-electron chi connectivity index (χ2n) is 3.30. The molecule has 1 N–H and O–H groups in total. The molecule has 0 bridgehead atoms. The minimum Gasteiger partial charge on any atom is -0.463 e. The van der Waals surface area contributed by atoms with Crippen molar-refractivity contribution in [1.29, 1.82) is 0 Å². The molecule has 0 saturated heterocycles. The summed E-state index contributed by atoms with van der Waals surface area (Å²) in [7, 11) is 0. The Morgan fingerprint density at radius 1 is 0.929 bits per heavy atom. The Bertz CT molecular complexity index is 385. The lowest BCUT2D eigenvalue weighted by atomic mass is 10.2. The second kappa shape index (κ2) is 3.35. The highest BCUT2D eigenvalue weighted by Gasteiger charge is 2.17. The van der Waals surface area contributed by atoms with Crippen molar-refractivity contribution in [2.75, 3.05) is 0 Å². The number of aryl methyl sites for hydroxylation is 2. The van der Waals surface area contributed by atoms with Crippen LogP contribution in [-0.2, 0) is 0 Å². The highest BCUT2D eigenvalue weighted by molar-refractivity contribution is 5.18. The van der Waals surface area contributed by atoms with E-state index in [9.17, 15) is 5.11 Å². The van der Waals surface area contributed by atoms with Gasteiger partial charge in [-0.1, -0.05) is 0 Å². The van der Waals surface area contributed by atoms with Crippen LogP contribution in [0.2, 0.25) is 0 Å². The summed E-state index contributed by atoms with van der Waals surface area (Å²) in [5, 5.41) is 9.83. The molecule has 2 rings (SSSR count). The first-order valence-electron chi connectivity index (χ1n) is 4.47. The zero-order valence-electron chi connectivity index (χ0n) is 8.15. The standard InChI is InChI=1S/C11H12O3/c1-7-3-5-9(13-7)11(12)10-6-4-8(2)14-10/h3-6,11-12H,1-2H3. The number of hydrogen-bond donors (Lipinski definition) is 1. The first-order valence-corrected chi connectivity index (χ1v) is 4.47. The van der Waals surface area contributed by atoms with Crippen LogP contribution >= 0.6 is 0 Å². The Morgan fingerprint density at radius 3 is 1.64 bits per heavy atom. The van der Waals surface area contributed by atoms with Crippen LogP contribution in [0, 0.1) is 13.8 Å². The molecule has 0 aliphatic carbocycles. The van der Waals surface area contributed by atoms with E-state index in [0.717, 1.165) is 11.5 Å². The predicted molar refractivity (Wildman–Crippen MR) is 51.0 cm³/mol. The van der Waals surface area contributed by atoms with Gasteiger partial charge in [-0.2, -0.15) is 0 Å². The molecule has 0 spiro atoms. The van der Waals surface area contributed by atoms with Crippen molar-refractivity contribution in [2.45, 2.75) is 20.0 Å². The molecular formula is C11H12O3. The average molecular weight is 192 g/mol. The molecule has 2 aromatic rings. The Labute approximate surface area is 82.0 Å². The van der Waals surface area contributed by atoms with E-state index in [1.807, 2.05) is 26.0 Å². The van der Waals surface area contributed by atoms with Crippen molar-refractivity contribution in [3.8, 4) is 0 Å². The van der Waals surface area contributed by atoms with Gasteiger partial charge in [0.15, 0.2) is 6.10 Å². The van der Waals surface area contributed by atoms with E-state index in [1.54, 1.807) is 12.1 Å². The third kappa shape index (κ3) is 1.59. The molecule has 74 valence electrons. The monoisotopic (exact) mass is 192 g/mol. The van der Waals surface area contributed by atoms with Crippen molar-refractivity contribution in [3.05, 3.63) is 47.3 Å². The van der Waals surface area contributed by atoms with Gasteiger partial charge in [-0.15, -0.1) is 0 Å². The maximum absolute atomic E-state index is 9.83. The molecule has 0 aliphatic heterocycles. The van der Waals surface area contributed by atoms with Crippen LogP contribution in [0.5, 0.6) is 0 Å². The molecule has 0 atom stereocenters. The van der Waals surface area contributed by atoms with Gasteiger partial charge in [0.05, 0.1) is 0 Å². The summed E-state index contributed by atoms with van der Waals surface area (Å²) in [6, 6.07) is 7.12. The summed E-state index contributed by atoms with van der Waals surface area (Å²) in [6.07, 6.45) is -0.808. The highest BCUT2D eigenvalue weighted by Crippen LogP contribution is 2.24. The highest BCUT2D eigenvalue weighted by atomic mass is 16.4. The summed E-state index contributed by atoms with van der Waals surface area (Å²) < 4.78 is 10.6. The smallest absolute Gasteiger partial charge is 0.169 e. The van der Waals surface area contributed by atoms with E-state index in [2.05, 4.69) is 0 Å². The largest absolute Gasteiger partial charge is 0.463 e. The van der Waals surface area contributed by atoms with Crippen LogP contribution in [0.4, 0.5) is 0 Å². The van der Waals surface area contributed by atoms with E-state index in [0.29, 0.717) is 11.5 Å². The molecule has 14 heavy (non-hydrogen) atoms. The van der Waals surface area contributed by atoms with E-state index >= 15 is 0 Å². The van der Waals surface area contributed by atoms with Gasteiger partial charge < -0.3 is 13.9 Å². The summed E-state index contributed by atoms with van der Waals surface area (Å²) >= 11 is 0. The van der Waals surface area contributed by atoms with Gasteiger partial charge in [0.25, 0.3) is 0 Å². The van der Waals surface area contributed by atoms with Crippen LogP contribution < -0.4 is 0 Å². The van der Waals surface area contributed by atoms with Crippen LogP contribution in [0.1, 0.15) is 29.1 Å². The van der Waals surface area contributed by atoms with Crippen LogP contribution in [0.25, 0.3) is 0 Å². The fourth-order valence-electron chi connectivity index (χ4n) is 1.34. The van der Waals surface area contributed by atoms with E-state index in [-0.39, 0.29) is 0 Å². The van der Waals surface area contributed by atoms with Crippen molar-refractivity contribution >= 4 is 0 Å². The molecule has 0 radical (unpaired) electrons. The normalized spacial score (nSPS) is 11.1. The molecule has 3 heteroatoms. The third-order valence-corrected chi connectivity index (χ3v) is 2.06. The van der Waals surface area contributed by atoms with Gasteiger partial charge in [0.1, 0.15) is 23.0 Å². The number of furan rings is 2. The molecule has 0 saturated carbocycles. The van der Waals surface area contributed by atoms with E-state index in [4.69, 9.17) is 8.83 Å². The molecule has 3 nitrogen and oxygen atoms in total. The van der Waals surface area contributed by atoms with Crippen molar-refractivity contribution in [1.82, 2.24) is 0 Å². The lowest BCUT2D eigenvalue weighted by Gasteiger charge is -2.03. The van der Waals surface area contributed by atoms with Gasteiger partial charge in [0, 0.05) is 0 Å². The SMILES string of the molecule is Cc1ccc(C(O)c2ccc(C)o2)o1. The van der Waals surface area contributed by atoms with Crippen LogP contribution in [-0.4, -0.2) is 5.11 Å². The summed E-state index contributed by atoms with van der Waals surface area (Å²) in [4.78, 5) is 0. The van der Waals surface area contributed by atoms with Crippen LogP contribution in [0.15, 0.2) is 33.1 Å². The topological polar surface area (TPSA) is 46.5 Å². The van der Waals surface area contributed by atoms with Gasteiger partial charge in [-0.25, -0.2) is 0 Å². The number of aliphatic hydroxyl groups is 1. The minimum absolute atomic E-state index is 0.511. The maximum atomic E-state index is 9.83. The van der Waals surface area contributed by atoms with Crippen molar-refractivity contribution in [2.24, 2.45) is 0 Å². The Morgan fingerprint density at radius 2 is 1.36 bits per heavy atom. The summed E-state index contributed by atoms with van der Waals surface area (Å²) in [5.41, 5.74) is 0. The fraction of sp³-hybridized carbons (Fsp3) is 0.273. The number of rotatable bonds is 2. The lowest BCUT2D eigenvalue weighted by molar-refractivity contribution is 0.159. The first kappa shape index (κ1) is 9.09. The quantitative estimate of drug-likeness (QED) is 0.795. The molecule has 0 fully saturated rings. The van der Waals surface area contributed by atoms with Gasteiger partial charge in [0.2, 0.25) is 0 Å². The predicted octanol–water partition coefficient (Wildman–Crippen LogP) is 2.57.